The Morgan fingerprint density at radius 2 is 1.07 bits per heavy atom. The van der Waals surface area contributed by atoms with Gasteiger partial charge in [0.1, 0.15) is 5.75 Å². The van der Waals surface area contributed by atoms with E-state index in [4.69, 9.17) is 4.74 Å². The van der Waals surface area contributed by atoms with E-state index < -0.39 is 0 Å². The van der Waals surface area contributed by atoms with E-state index in [2.05, 4.69) is 62.4 Å². The Kier molecular flexibility index (Phi) is 13.5. The highest BCUT2D eigenvalue weighted by atomic mass is 32.2. The first-order valence-corrected chi connectivity index (χ1v) is 13.3. The maximum absolute atomic E-state index is 5.93. The van der Waals surface area contributed by atoms with Crippen molar-refractivity contribution in [2.24, 2.45) is 0 Å². The van der Waals surface area contributed by atoms with Crippen LogP contribution in [0.5, 0.6) is 5.75 Å². The van der Waals surface area contributed by atoms with Gasteiger partial charge in [-0.25, -0.2) is 0 Å². The molecule has 166 valence electrons. The summed E-state index contributed by atoms with van der Waals surface area (Å²) in [7, 11) is 0. The molecule has 0 fully saturated rings. The van der Waals surface area contributed by atoms with E-state index in [0.717, 1.165) is 18.8 Å². The number of unbranched alkanes of at least 4 members (excludes halogenated alkanes) is 10. The smallest absolute Gasteiger partial charge is 0.119 e. The largest absolute Gasteiger partial charge is 0.494 e. The summed E-state index contributed by atoms with van der Waals surface area (Å²) < 4.78 is 5.93. The predicted molar refractivity (Wildman–Crippen MR) is 135 cm³/mol. The molecular formula is C28H42OS. The lowest BCUT2D eigenvalue weighted by molar-refractivity contribution is 0.304. The van der Waals surface area contributed by atoms with Crippen molar-refractivity contribution in [1.82, 2.24) is 0 Å². The molecule has 0 saturated heterocycles. The summed E-state index contributed by atoms with van der Waals surface area (Å²) in [6, 6.07) is 17.6. The molecular weight excluding hydrogens is 384 g/mol. The molecule has 0 spiro atoms. The molecule has 0 N–H and O–H groups in total. The zero-order valence-electron chi connectivity index (χ0n) is 19.3. The van der Waals surface area contributed by atoms with Crippen molar-refractivity contribution >= 4 is 11.8 Å². The van der Waals surface area contributed by atoms with Crippen molar-refractivity contribution in [3.05, 3.63) is 48.5 Å². The molecule has 2 aromatic carbocycles. The lowest BCUT2D eigenvalue weighted by Crippen LogP contribution is -1.97. The summed E-state index contributed by atoms with van der Waals surface area (Å²) in [5.41, 5.74) is 2.54. The Hall–Kier alpha value is -1.41. The summed E-state index contributed by atoms with van der Waals surface area (Å²) in [6.45, 7) is 5.37. The molecule has 0 aliphatic carbocycles. The zero-order valence-corrected chi connectivity index (χ0v) is 20.2. The van der Waals surface area contributed by atoms with Crippen LogP contribution in [0.3, 0.4) is 0 Å². The number of benzene rings is 2. The van der Waals surface area contributed by atoms with Crippen LogP contribution in [-0.2, 0) is 0 Å². The van der Waals surface area contributed by atoms with Crippen LogP contribution < -0.4 is 4.74 Å². The van der Waals surface area contributed by atoms with Gasteiger partial charge in [-0.3, -0.25) is 0 Å². The van der Waals surface area contributed by atoms with Crippen LogP contribution in [0, 0.1) is 0 Å². The minimum absolute atomic E-state index is 0.832. The van der Waals surface area contributed by atoms with E-state index in [1.807, 2.05) is 11.8 Å². The van der Waals surface area contributed by atoms with E-state index in [1.54, 1.807) is 0 Å². The summed E-state index contributed by atoms with van der Waals surface area (Å²) >= 11 is 1.98. The molecule has 1 nitrogen and oxygen atoms in total. The van der Waals surface area contributed by atoms with Gasteiger partial charge in [-0.05, 0) is 54.0 Å². The van der Waals surface area contributed by atoms with Crippen molar-refractivity contribution in [3.8, 4) is 16.9 Å². The van der Waals surface area contributed by atoms with Crippen molar-refractivity contribution in [1.29, 1.82) is 0 Å². The van der Waals surface area contributed by atoms with Crippen LogP contribution >= 0.6 is 11.8 Å². The standard InChI is InChI=1S/C28H42OS/c1-3-5-7-9-10-11-12-13-23-29-27-19-15-25(16-20-27)26-17-21-28(22-18-26)30-24-14-8-6-4-2/h15-22H,3-14,23-24H2,1-2H3. The monoisotopic (exact) mass is 426 g/mol. The van der Waals surface area contributed by atoms with Gasteiger partial charge in [-0.15, -0.1) is 11.8 Å². The molecule has 0 radical (unpaired) electrons. The quantitative estimate of drug-likeness (QED) is 0.184. The Morgan fingerprint density at radius 1 is 0.567 bits per heavy atom. The fourth-order valence-corrected chi connectivity index (χ4v) is 4.54. The first kappa shape index (κ1) is 24.9. The van der Waals surface area contributed by atoms with Crippen molar-refractivity contribution in [3.63, 3.8) is 0 Å². The third kappa shape index (κ3) is 10.6. The molecule has 2 aromatic rings. The van der Waals surface area contributed by atoms with Gasteiger partial charge in [0.2, 0.25) is 0 Å². The molecule has 0 aromatic heterocycles. The summed E-state index contributed by atoms with van der Waals surface area (Å²) in [5, 5.41) is 0. The van der Waals surface area contributed by atoms with Gasteiger partial charge in [-0.1, -0.05) is 102 Å². The highest BCUT2D eigenvalue weighted by Crippen LogP contribution is 2.26. The first-order chi connectivity index (χ1) is 14.8. The second-order valence-corrected chi connectivity index (χ2v) is 9.45. The molecule has 0 bridgehead atoms. The van der Waals surface area contributed by atoms with Crippen molar-refractivity contribution in [2.75, 3.05) is 12.4 Å². The lowest BCUT2D eigenvalue weighted by atomic mass is 10.1. The van der Waals surface area contributed by atoms with E-state index >= 15 is 0 Å². The zero-order chi connectivity index (χ0) is 21.3. The van der Waals surface area contributed by atoms with Crippen LogP contribution in [-0.4, -0.2) is 12.4 Å². The first-order valence-electron chi connectivity index (χ1n) is 12.3. The van der Waals surface area contributed by atoms with Crippen molar-refractivity contribution in [2.45, 2.75) is 95.8 Å². The van der Waals surface area contributed by atoms with Crippen molar-refractivity contribution < 1.29 is 4.74 Å². The summed E-state index contributed by atoms with van der Waals surface area (Å²) in [5.74, 6) is 2.21. The van der Waals surface area contributed by atoms with Gasteiger partial charge in [0, 0.05) is 4.90 Å². The number of thioether (sulfide) groups is 1. The molecule has 0 saturated carbocycles. The maximum atomic E-state index is 5.93. The topological polar surface area (TPSA) is 9.23 Å². The number of rotatable bonds is 17. The van der Waals surface area contributed by atoms with Gasteiger partial charge in [0.05, 0.1) is 6.61 Å². The van der Waals surface area contributed by atoms with E-state index in [-0.39, 0.29) is 0 Å². The van der Waals surface area contributed by atoms with Crippen LogP contribution in [0.15, 0.2) is 53.4 Å². The maximum Gasteiger partial charge on any atom is 0.119 e. The minimum atomic E-state index is 0.832. The molecule has 0 aliphatic heterocycles. The molecule has 2 heteroatoms. The second kappa shape index (κ2) is 16.3. The second-order valence-electron chi connectivity index (χ2n) is 8.28. The van der Waals surface area contributed by atoms with Gasteiger partial charge in [0.25, 0.3) is 0 Å². The fourth-order valence-electron chi connectivity index (χ4n) is 3.63. The molecule has 0 heterocycles. The van der Waals surface area contributed by atoms with Crippen LogP contribution in [0.4, 0.5) is 0 Å². The van der Waals surface area contributed by atoms with Gasteiger partial charge in [-0.2, -0.15) is 0 Å². The van der Waals surface area contributed by atoms with E-state index in [1.165, 1.54) is 92.4 Å². The third-order valence-corrected chi connectivity index (χ3v) is 6.67. The molecule has 2 rings (SSSR count). The van der Waals surface area contributed by atoms with Gasteiger partial charge < -0.3 is 4.74 Å². The van der Waals surface area contributed by atoms with E-state index in [9.17, 15) is 0 Å². The lowest BCUT2D eigenvalue weighted by Gasteiger charge is -2.08. The molecule has 0 unspecified atom stereocenters. The average molecular weight is 427 g/mol. The van der Waals surface area contributed by atoms with Crippen LogP contribution in [0.25, 0.3) is 11.1 Å². The summed E-state index contributed by atoms with van der Waals surface area (Å²) in [4.78, 5) is 1.38. The Bertz CT molecular complexity index is 647. The number of hydrogen-bond donors (Lipinski definition) is 0. The average Bonchev–Trinajstić information content (AvgIpc) is 2.79. The number of ether oxygens (including phenoxy) is 1. The Morgan fingerprint density at radius 3 is 1.67 bits per heavy atom. The predicted octanol–water partition coefficient (Wildman–Crippen LogP) is 9.55. The molecule has 0 atom stereocenters. The van der Waals surface area contributed by atoms with E-state index in [0.29, 0.717) is 0 Å². The highest BCUT2D eigenvalue weighted by molar-refractivity contribution is 7.99. The normalized spacial score (nSPS) is 11.0. The van der Waals surface area contributed by atoms with Gasteiger partial charge >= 0.3 is 0 Å². The molecule has 0 aliphatic rings. The Labute approximate surface area is 190 Å². The van der Waals surface area contributed by atoms with Crippen LogP contribution in [0.2, 0.25) is 0 Å². The fraction of sp³-hybridized carbons (Fsp3) is 0.571. The number of hydrogen-bond acceptors (Lipinski definition) is 2. The Balaban J connectivity index is 1.64. The summed E-state index contributed by atoms with van der Waals surface area (Å²) in [6.07, 6.45) is 16.0. The van der Waals surface area contributed by atoms with Crippen LogP contribution in [0.1, 0.15) is 90.9 Å². The molecule has 30 heavy (non-hydrogen) atoms. The molecule has 0 amide bonds. The highest BCUT2D eigenvalue weighted by Gasteiger charge is 2.01. The minimum Gasteiger partial charge on any atom is -0.494 e. The van der Waals surface area contributed by atoms with Gasteiger partial charge in [0.15, 0.2) is 0 Å². The SMILES string of the molecule is CCCCCCCCCCOc1ccc(-c2ccc(SCCCCCC)cc2)cc1. The third-order valence-electron chi connectivity index (χ3n) is 5.58.